The highest BCUT2D eigenvalue weighted by Gasteiger charge is 2.21. The Hall–Kier alpha value is -2.67. The maximum Gasteiger partial charge on any atom is 0.263 e. The molecule has 3 aromatic rings. The molecule has 1 aliphatic carbocycles. The molecule has 1 heterocycles. The molecule has 1 aliphatic rings. The maximum absolute atomic E-state index is 12.9. The van der Waals surface area contributed by atoms with E-state index in [1.165, 1.54) is 19.3 Å². The van der Waals surface area contributed by atoms with E-state index in [-0.39, 0.29) is 16.8 Å². The van der Waals surface area contributed by atoms with Crippen LogP contribution < -0.4 is 10.0 Å². The average molecular weight is 411 g/mol. The van der Waals surface area contributed by atoms with Gasteiger partial charge in [-0.1, -0.05) is 43.0 Å². The van der Waals surface area contributed by atoms with E-state index in [1.54, 1.807) is 24.3 Å². The zero-order valence-electron chi connectivity index (χ0n) is 16.8. The lowest BCUT2D eigenvalue weighted by atomic mass is 9.95. The number of anilines is 2. The van der Waals surface area contributed by atoms with Crippen LogP contribution in [0.15, 0.2) is 47.4 Å². The van der Waals surface area contributed by atoms with Crippen molar-refractivity contribution in [3.8, 4) is 0 Å². The Kier molecular flexibility index (Phi) is 5.41. The van der Waals surface area contributed by atoms with Gasteiger partial charge < -0.3 is 5.32 Å². The Morgan fingerprint density at radius 1 is 0.828 bits per heavy atom. The van der Waals surface area contributed by atoms with E-state index < -0.39 is 10.0 Å². The average Bonchev–Trinajstić information content (AvgIpc) is 2.69. The van der Waals surface area contributed by atoms with Gasteiger partial charge in [0.2, 0.25) is 0 Å². The molecular weight excluding hydrogens is 384 g/mol. The highest BCUT2D eigenvalue weighted by molar-refractivity contribution is 7.92. The number of aryl methyl sites for hydroxylation is 2. The number of aromatic nitrogens is 2. The molecule has 0 radical (unpaired) electrons. The van der Waals surface area contributed by atoms with Gasteiger partial charge in [0, 0.05) is 6.04 Å². The minimum atomic E-state index is -3.76. The standard InChI is InChI=1S/C22H26N4O2S/c1-15-8-11-18(12-9-15)29(27,28)26-22-21(23-17-6-4-3-5-7-17)25-20-14-16(2)10-13-19(20)24-22/h8-14,17H,3-7H2,1-2H3,(H,23,25)(H,24,26). The molecular formula is C22H26N4O2S. The molecule has 1 saturated carbocycles. The van der Waals surface area contributed by atoms with E-state index in [0.717, 1.165) is 29.5 Å². The quantitative estimate of drug-likeness (QED) is 0.632. The summed E-state index contributed by atoms with van der Waals surface area (Å²) in [6.45, 7) is 3.93. The highest BCUT2D eigenvalue weighted by Crippen LogP contribution is 2.28. The normalized spacial score (nSPS) is 15.4. The smallest absolute Gasteiger partial charge is 0.263 e. The van der Waals surface area contributed by atoms with Crippen molar-refractivity contribution < 1.29 is 8.42 Å². The van der Waals surface area contributed by atoms with Gasteiger partial charge in [-0.25, -0.2) is 18.4 Å². The fourth-order valence-electron chi connectivity index (χ4n) is 3.68. The number of benzene rings is 2. The van der Waals surface area contributed by atoms with Gasteiger partial charge in [-0.05, 0) is 56.5 Å². The number of rotatable bonds is 5. The Morgan fingerprint density at radius 3 is 2.21 bits per heavy atom. The lowest BCUT2D eigenvalue weighted by Crippen LogP contribution is -2.25. The molecule has 2 N–H and O–H groups in total. The van der Waals surface area contributed by atoms with Crippen LogP contribution in [0.2, 0.25) is 0 Å². The Balaban J connectivity index is 1.73. The van der Waals surface area contributed by atoms with Crippen LogP contribution in [-0.4, -0.2) is 24.4 Å². The molecule has 0 aliphatic heterocycles. The zero-order valence-corrected chi connectivity index (χ0v) is 17.6. The molecule has 2 aromatic carbocycles. The Bertz CT molecular complexity index is 1120. The molecule has 0 amide bonds. The summed E-state index contributed by atoms with van der Waals surface area (Å²) in [7, 11) is -3.76. The summed E-state index contributed by atoms with van der Waals surface area (Å²) in [6, 6.07) is 12.8. The fourth-order valence-corrected chi connectivity index (χ4v) is 4.69. The number of nitrogens with one attached hydrogen (secondary N) is 2. The Morgan fingerprint density at radius 2 is 1.48 bits per heavy atom. The summed E-state index contributed by atoms with van der Waals surface area (Å²) in [5.41, 5.74) is 3.50. The van der Waals surface area contributed by atoms with Crippen molar-refractivity contribution in [1.29, 1.82) is 0 Å². The molecule has 0 spiro atoms. The number of nitrogens with zero attached hydrogens (tertiary/aromatic N) is 2. The van der Waals surface area contributed by atoms with Crippen LogP contribution in [0.5, 0.6) is 0 Å². The predicted octanol–water partition coefficient (Wildman–Crippen LogP) is 4.79. The highest BCUT2D eigenvalue weighted by atomic mass is 32.2. The molecule has 0 saturated heterocycles. The van der Waals surface area contributed by atoms with Gasteiger partial charge in [0.15, 0.2) is 11.6 Å². The predicted molar refractivity (Wildman–Crippen MR) is 117 cm³/mol. The lowest BCUT2D eigenvalue weighted by Gasteiger charge is -2.24. The van der Waals surface area contributed by atoms with Crippen molar-refractivity contribution in [2.75, 3.05) is 10.0 Å². The molecule has 0 atom stereocenters. The Labute approximate surface area is 171 Å². The van der Waals surface area contributed by atoms with Crippen LogP contribution in [0.3, 0.4) is 0 Å². The molecule has 1 aromatic heterocycles. The van der Waals surface area contributed by atoms with E-state index in [9.17, 15) is 8.42 Å². The van der Waals surface area contributed by atoms with E-state index in [0.29, 0.717) is 11.3 Å². The first-order valence-corrected chi connectivity index (χ1v) is 11.5. The molecule has 4 rings (SSSR count). The van der Waals surface area contributed by atoms with Crippen molar-refractivity contribution in [1.82, 2.24) is 9.97 Å². The third-order valence-corrected chi connectivity index (χ3v) is 6.68. The molecule has 7 heteroatoms. The second-order valence-electron chi connectivity index (χ2n) is 7.81. The van der Waals surface area contributed by atoms with Gasteiger partial charge in [-0.3, -0.25) is 4.72 Å². The van der Waals surface area contributed by atoms with Gasteiger partial charge in [0.05, 0.1) is 15.9 Å². The van der Waals surface area contributed by atoms with Gasteiger partial charge >= 0.3 is 0 Å². The minimum absolute atomic E-state index is 0.206. The molecule has 1 fully saturated rings. The fraction of sp³-hybridized carbons (Fsp3) is 0.364. The second-order valence-corrected chi connectivity index (χ2v) is 9.49. The maximum atomic E-state index is 12.9. The summed E-state index contributed by atoms with van der Waals surface area (Å²) < 4.78 is 28.5. The van der Waals surface area contributed by atoms with Crippen LogP contribution in [0, 0.1) is 13.8 Å². The first-order valence-electron chi connectivity index (χ1n) is 10.1. The van der Waals surface area contributed by atoms with Crippen LogP contribution >= 0.6 is 0 Å². The van der Waals surface area contributed by atoms with E-state index in [4.69, 9.17) is 4.98 Å². The third-order valence-electron chi connectivity index (χ3n) is 5.33. The van der Waals surface area contributed by atoms with E-state index >= 15 is 0 Å². The van der Waals surface area contributed by atoms with Crippen molar-refractivity contribution >= 4 is 32.7 Å². The first kappa shape index (κ1) is 19.6. The van der Waals surface area contributed by atoms with Crippen molar-refractivity contribution in [3.63, 3.8) is 0 Å². The van der Waals surface area contributed by atoms with Crippen LogP contribution in [0.4, 0.5) is 11.6 Å². The molecule has 0 bridgehead atoms. The lowest BCUT2D eigenvalue weighted by molar-refractivity contribution is 0.462. The van der Waals surface area contributed by atoms with Crippen molar-refractivity contribution in [3.05, 3.63) is 53.6 Å². The van der Waals surface area contributed by atoms with Gasteiger partial charge in [-0.2, -0.15) is 0 Å². The molecule has 0 unspecified atom stereocenters. The van der Waals surface area contributed by atoms with E-state index in [2.05, 4.69) is 15.0 Å². The van der Waals surface area contributed by atoms with Gasteiger partial charge in [-0.15, -0.1) is 0 Å². The summed E-state index contributed by atoms with van der Waals surface area (Å²) in [4.78, 5) is 9.52. The van der Waals surface area contributed by atoms with Crippen LogP contribution in [0.1, 0.15) is 43.2 Å². The first-order chi connectivity index (χ1) is 13.9. The molecule has 29 heavy (non-hydrogen) atoms. The summed E-state index contributed by atoms with van der Waals surface area (Å²) in [5, 5.41) is 3.44. The van der Waals surface area contributed by atoms with Crippen molar-refractivity contribution in [2.24, 2.45) is 0 Å². The minimum Gasteiger partial charge on any atom is -0.364 e. The van der Waals surface area contributed by atoms with E-state index in [1.807, 2.05) is 32.0 Å². The zero-order chi connectivity index (χ0) is 20.4. The summed E-state index contributed by atoms with van der Waals surface area (Å²) in [6.07, 6.45) is 5.69. The number of sulfonamides is 1. The largest absolute Gasteiger partial charge is 0.364 e. The number of hydrogen-bond acceptors (Lipinski definition) is 5. The number of hydrogen-bond donors (Lipinski definition) is 2. The summed E-state index contributed by atoms with van der Waals surface area (Å²) >= 11 is 0. The van der Waals surface area contributed by atoms with Crippen LogP contribution in [0.25, 0.3) is 11.0 Å². The monoisotopic (exact) mass is 410 g/mol. The molecule has 152 valence electrons. The third kappa shape index (κ3) is 4.50. The molecule has 6 nitrogen and oxygen atoms in total. The topological polar surface area (TPSA) is 84.0 Å². The SMILES string of the molecule is Cc1ccc(S(=O)(=O)Nc2nc3ccc(C)cc3nc2NC2CCCCC2)cc1. The van der Waals surface area contributed by atoms with Gasteiger partial charge in [0.25, 0.3) is 10.0 Å². The number of fused-ring (bicyclic) bond motifs is 1. The van der Waals surface area contributed by atoms with Crippen molar-refractivity contribution in [2.45, 2.75) is 56.9 Å². The van der Waals surface area contributed by atoms with Gasteiger partial charge in [0.1, 0.15) is 0 Å². The summed E-state index contributed by atoms with van der Waals surface area (Å²) in [5.74, 6) is 0.734. The van der Waals surface area contributed by atoms with Crippen LogP contribution in [-0.2, 0) is 10.0 Å². The second kappa shape index (κ2) is 7.99.